The Bertz CT molecular complexity index is 1030. The lowest BCUT2D eigenvalue weighted by Crippen LogP contribution is -2.43. The van der Waals surface area contributed by atoms with Crippen LogP contribution in [-0.2, 0) is 27.1 Å². The molecule has 2 atom stereocenters. The van der Waals surface area contributed by atoms with Gasteiger partial charge in [-0.1, -0.05) is 37.3 Å². The van der Waals surface area contributed by atoms with E-state index in [4.69, 9.17) is 14.2 Å². The fraction of sp³-hybridized carbons (Fsp3) is 0.444. The first-order valence-corrected chi connectivity index (χ1v) is 11.5. The van der Waals surface area contributed by atoms with Gasteiger partial charge >= 0.3 is 12.2 Å². The van der Waals surface area contributed by atoms with E-state index in [9.17, 15) is 14.4 Å². The first-order valence-electron chi connectivity index (χ1n) is 11.5. The average Bonchev–Trinajstić information content (AvgIpc) is 3.09. The van der Waals surface area contributed by atoms with Crippen LogP contribution in [0.1, 0.15) is 49.9 Å². The molecule has 0 bridgehead atoms. The lowest BCUT2D eigenvalue weighted by Gasteiger charge is -2.24. The number of nitrogens with zero attached hydrogens (tertiary/aromatic N) is 1. The molecule has 2 aromatic rings. The van der Waals surface area contributed by atoms with Crippen molar-refractivity contribution in [2.45, 2.75) is 66.0 Å². The SMILES string of the molecule is Cc1cc(OC(=O)OC(C)(C)C)cc(C)c1C[C@H](C)C(=O)N1C(=O)OC[C@@H]1Cc1ccccc1. The molecular formula is C27H33NO6. The van der Waals surface area contributed by atoms with Crippen LogP contribution in [0.15, 0.2) is 42.5 Å². The van der Waals surface area contributed by atoms with E-state index in [2.05, 4.69) is 0 Å². The zero-order chi connectivity index (χ0) is 25.0. The molecule has 2 aromatic carbocycles. The van der Waals surface area contributed by atoms with E-state index >= 15 is 0 Å². The smallest absolute Gasteiger partial charge is 0.447 e. The van der Waals surface area contributed by atoms with Crippen molar-refractivity contribution >= 4 is 18.2 Å². The first-order chi connectivity index (χ1) is 15.9. The van der Waals surface area contributed by atoms with E-state index in [1.807, 2.05) is 51.1 Å². The fourth-order valence-electron chi connectivity index (χ4n) is 4.10. The fourth-order valence-corrected chi connectivity index (χ4v) is 4.10. The van der Waals surface area contributed by atoms with E-state index in [-0.39, 0.29) is 18.6 Å². The molecule has 0 saturated carbocycles. The average molecular weight is 468 g/mol. The Morgan fingerprint density at radius 3 is 2.32 bits per heavy atom. The van der Waals surface area contributed by atoms with E-state index in [1.54, 1.807) is 32.9 Å². The number of carbonyl (C=O) groups excluding carboxylic acids is 3. The molecule has 7 heteroatoms. The second kappa shape index (κ2) is 10.3. The third-order valence-corrected chi connectivity index (χ3v) is 5.70. The van der Waals surface area contributed by atoms with Gasteiger partial charge in [-0.2, -0.15) is 0 Å². The van der Waals surface area contributed by atoms with Gasteiger partial charge in [0.2, 0.25) is 5.91 Å². The molecule has 182 valence electrons. The molecule has 0 N–H and O–H groups in total. The van der Waals surface area contributed by atoms with Gasteiger partial charge in [0.25, 0.3) is 0 Å². The maximum atomic E-state index is 13.3. The lowest BCUT2D eigenvalue weighted by atomic mass is 9.92. The number of amides is 2. The number of cyclic esters (lactones) is 1. The molecule has 1 aliphatic rings. The summed E-state index contributed by atoms with van der Waals surface area (Å²) >= 11 is 0. The number of hydrogen-bond donors (Lipinski definition) is 0. The summed E-state index contributed by atoms with van der Waals surface area (Å²) in [6, 6.07) is 12.9. The van der Waals surface area contributed by atoms with E-state index in [0.29, 0.717) is 18.6 Å². The molecule has 0 aliphatic carbocycles. The molecule has 0 spiro atoms. The normalized spacial score (nSPS) is 16.7. The minimum Gasteiger partial charge on any atom is -0.447 e. The van der Waals surface area contributed by atoms with E-state index in [1.165, 1.54) is 4.90 Å². The molecule has 2 amide bonds. The number of ether oxygens (including phenoxy) is 3. The third-order valence-electron chi connectivity index (χ3n) is 5.70. The lowest BCUT2D eigenvalue weighted by molar-refractivity contribution is -0.132. The molecule has 34 heavy (non-hydrogen) atoms. The van der Waals surface area contributed by atoms with Gasteiger partial charge in [-0.05, 0) is 81.8 Å². The second-order valence-corrected chi connectivity index (χ2v) is 9.84. The van der Waals surface area contributed by atoms with E-state index < -0.39 is 23.8 Å². The highest BCUT2D eigenvalue weighted by molar-refractivity contribution is 5.94. The standard InChI is InChI=1S/C27H33NO6/c1-17-12-22(33-26(31)34-27(4,5)6)13-18(2)23(17)14-19(3)24(29)28-21(16-32-25(28)30)15-20-10-8-7-9-11-20/h7-13,19,21H,14-16H2,1-6H3/t19-,21-/m0/s1. The number of imide groups is 1. The second-order valence-electron chi connectivity index (χ2n) is 9.84. The van der Waals surface area contributed by atoms with Crippen LogP contribution >= 0.6 is 0 Å². The van der Waals surface area contributed by atoms with Crippen LogP contribution in [0.3, 0.4) is 0 Å². The van der Waals surface area contributed by atoms with Crippen molar-refractivity contribution in [3.63, 3.8) is 0 Å². The zero-order valence-electron chi connectivity index (χ0n) is 20.7. The van der Waals surface area contributed by atoms with Crippen LogP contribution in [0.25, 0.3) is 0 Å². The maximum absolute atomic E-state index is 13.3. The molecule has 1 aliphatic heterocycles. The number of rotatable bonds is 6. The minimum absolute atomic E-state index is 0.195. The number of benzene rings is 2. The Hall–Kier alpha value is -3.35. The topological polar surface area (TPSA) is 82.1 Å². The highest BCUT2D eigenvalue weighted by Gasteiger charge is 2.39. The van der Waals surface area contributed by atoms with Crippen LogP contribution in [0.5, 0.6) is 5.75 Å². The van der Waals surface area contributed by atoms with Crippen molar-refractivity contribution in [1.82, 2.24) is 4.90 Å². The van der Waals surface area contributed by atoms with Crippen LogP contribution in [0, 0.1) is 19.8 Å². The van der Waals surface area contributed by atoms with Gasteiger partial charge < -0.3 is 14.2 Å². The van der Waals surface area contributed by atoms with E-state index in [0.717, 1.165) is 22.3 Å². The van der Waals surface area contributed by atoms with Gasteiger partial charge in [-0.15, -0.1) is 0 Å². The summed E-state index contributed by atoms with van der Waals surface area (Å²) in [5.41, 5.74) is 3.16. The summed E-state index contributed by atoms with van der Waals surface area (Å²) in [6.45, 7) is 11.1. The summed E-state index contributed by atoms with van der Waals surface area (Å²) in [5, 5.41) is 0. The highest BCUT2D eigenvalue weighted by Crippen LogP contribution is 2.27. The van der Waals surface area contributed by atoms with Crippen molar-refractivity contribution in [1.29, 1.82) is 0 Å². The van der Waals surface area contributed by atoms with Gasteiger partial charge in [0.1, 0.15) is 18.0 Å². The van der Waals surface area contributed by atoms with Gasteiger partial charge in [0.15, 0.2) is 0 Å². The van der Waals surface area contributed by atoms with Crippen molar-refractivity contribution in [2.24, 2.45) is 5.92 Å². The predicted octanol–water partition coefficient (Wildman–Crippen LogP) is 5.39. The minimum atomic E-state index is -0.764. The summed E-state index contributed by atoms with van der Waals surface area (Å²) < 4.78 is 15.8. The Kier molecular flexibility index (Phi) is 7.64. The van der Waals surface area contributed by atoms with Crippen LogP contribution in [-0.4, -0.2) is 41.3 Å². The monoisotopic (exact) mass is 467 g/mol. The molecule has 0 radical (unpaired) electrons. The van der Waals surface area contributed by atoms with Crippen LogP contribution < -0.4 is 4.74 Å². The summed E-state index contributed by atoms with van der Waals surface area (Å²) in [6.07, 6.45) is -0.350. The predicted molar refractivity (Wildman–Crippen MR) is 128 cm³/mol. The summed E-state index contributed by atoms with van der Waals surface area (Å²) in [7, 11) is 0. The van der Waals surface area contributed by atoms with Gasteiger partial charge in [-0.3, -0.25) is 4.79 Å². The van der Waals surface area contributed by atoms with Crippen molar-refractivity contribution in [3.05, 3.63) is 64.7 Å². The van der Waals surface area contributed by atoms with Crippen molar-refractivity contribution in [2.75, 3.05) is 6.61 Å². The first kappa shape index (κ1) is 25.3. The number of aryl methyl sites for hydroxylation is 2. The Labute approximate surface area is 201 Å². The van der Waals surface area contributed by atoms with Crippen molar-refractivity contribution in [3.8, 4) is 5.75 Å². The number of hydrogen-bond acceptors (Lipinski definition) is 6. The third kappa shape index (κ3) is 6.37. The Balaban J connectivity index is 1.70. The molecule has 1 saturated heterocycles. The zero-order valence-corrected chi connectivity index (χ0v) is 20.7. The maximum Gasteiger partial charge on any atom is 0.514 e. The van der Waals surface area contributed by atoms with Crippen LogP contribution in [0.2, 0.25) is 0 Å². The Morgan fingerprint density at radius 2 is 1.74 bits per heavy atom. The number of carbonyl (C=O) groups is 3. The molecule has 3 rings (SSSR count). The highest BCUT2D eigenvalue weighted by atomic mass is 16.7. The quantitative estimate of drug-likeness (QED) is 0.419. The van der Waals surface area contributed by atoms with Crippen molar-refractivity contribution < 1.29 is 28.6 Å². The van der Waals surface area contributed by atoms with Gasteiger partial charge in [0, 0.05) is 5.92 Å². The Morgan fingerprint density at radius 1 is 1.12 bits per heavy atom. The summed E-state index contributed by atoms with van der Waals surface area (Å²) in [5.74, 6) is -0.298. The molecule has 7 nitrogen and oxygen atoms in total. The molecule has 1 fully saturated rings. The molecule has 1 heterocycles. The molecule has 0 unspecified atom stereocenters. The van der Waals surface area contributed by atoms with Crippen LogP contribution in [0.4, 0.5) is 9.59 Å². The summed E-state index contributed by atoms with van der Waals surface area (Å²) in [4.78, 5) is 38.9. The van der Waals surface area contributed by atoms with Gasteiger partial charge in [-0.25, -0.2) is 14.5 Å². The molecular weight excluding hydrogens is 434 g/mol. The molecule has 0 aromatic heterocycles. The largest absolute Gasteiger partial charge is 0.514 e. The van der Waals surface area contributed by atoms with Gasteiger partial charge in [0.05, 0.1) is 6.04 Å².